The Bertz CT molecular complexity index is 1040. The molecule has 0 atom stereocenters. The summed E-state index contributed by atoms with van der Waals surface area (Å²) in [6.45, 7) is 0. The molecule has 1 heterocycles. The van der Waals surface area contributed by atoms with Crippen molar-refractivity contribution in [3.63, 3.8) is 0 Å². The summed E-state index contributed by atoms with van der Waals surface area (Å²) in [5.74, 6) is -1.71. The van der Waals surface area contributed by atoms with Crippen molar-refractivity contribution < 1.29 is 23.4 Å². The van der Waals surface area contributed by atoms with Gasteiger partial charge in [0, 0.05) is 29.7 Å². The highest BCUT2D eigenvalue weighted by molar-refractivity contribution is 6.04. The second kappa shape index (κ2) is 5.37. The van der Waals surface area contributed by atoms with Crippen molar-refractivity contribution in [2.24, 2.45) is 0 Å². The fourth-order valence-corrected chi connectivity index (χ4v) is 3.18. The maximum Gasteiger partial charge on any atom is 0.165 e. The normalized spacial score (nSPS) is 13.4. The van der Waals surface area contributed by atoms with Crippen LogP contribution in [0.15, 0.2) is 47.1 Å². The molecule has 0 spiro atoms. The Balaban J connectivity index is 2.01. The van der Waals surface area contributed by atoms with Crippen LogP contribution >= 0.6 is 0 Å². The van der Waals surface area contributed by atoms with Gasteiger partial charge in [-0.3, -0.25) is 0 Å². The molecule has 1 aliphatic carbocycles. The van der Waals surface area contributed by atoms with Crippen LogP contribution < -0.4 is 5.73 Å². The minimum Gasteiger partial charge on any atom is -0.508 e. The van der Waals surface area contributed by atoms with Gasteiger partial charge in [-0.25, -0.2) is 8.78 Å². The fraction of sp³-hybridized carbons (Fsp3) is 0.0526. The molecular formula is C19H13F2NO3. The number of nitrogens with two attached hydrogens (primary N) is 1. The van der Waals surface area contributed by atoms with Crippen LogP contribution in [0.5, 0.6) is 11.5 Å². The standard InChI is InChI=1S/C19H13F2NO3/c20-14-7-10(23)6-13-12(14)8-11(9-1-2-17(24)15(21)5-9)18(13)19-16(22)3-4-25-19/h1-7,23-24H,8,22H2. The van der Waals surface area contributed by atoms with Gasteiger partial charge in [0.15, 0.2) is 17.3 Å². The SMILES string of the molecule is Nc1ccoc1C1=C(c2ccc(O)c(F)c2)Cc2c(F)cc(O)cc21. The second-order valence-electron chi connectivity index (χ2n) is 5.86. The van der Waals surface area contributed by atoms with Gasteiger partial charge in [-0.2, -0.15) is 0 Å². The first-order valence-corrected chi connectivity index (χ1v) is 7.53. The molecule has 25 heavy (non-hydrogen) atoms. The van der Waals surface area contributed by atoms with E-state index in [2.05, 4.69) is 0 Å². The molecule has 0 bridgehead atoms. The molecule has 1 aromatic heterocycles. The minimum atomic E-state index is -0.781. The number of phenols is 2. The smallest absolute Gasteiger partial charge is 0.165 e. The zero-order chi connectivity index (χ0) is 17.7. The highest BCUT2D eigenvalue weighted by Crippen LogP contribution is 2.46. The molecule has 4 N–H and O–H groups in total. The minimum absolute atomic E-state index is 0.182. The van der Waals surface area contributed by atoms with E-state index in [0.717, 1.165) is 6.07 Å². The van der Waals surface area contributed by atoms with Crippen LogP contribution in [0, 0.1) is 11.6 Å². The Morgan fingerprint density at radius 1 is 1.00 bits per heavy atom. The number of furan rings is 1. The van der Waals surface area contributed by atoms with E-state index in [0.29, 0.717) is 39.3 Å². The highest BCUT2D eigenvalue weighted by atomic mass is 19.1. The van der Waals surface area contributed by atoms with Crippen LogP contribution in [-0.4, -0.2) is 10.2 Å². The molecule has 3 aromatic rings. The monoisotopic (exact) mass is 341 g/mol. The first-order chi connectivity index (χ1) is 12.0. The van der Waals surface area contributed by atoms with Crippen LogP contribution in [0.4, 0.5) is 14.5 Å². The fourth-order valence-electron chi connectivity index (χ4n) is 3.18. The molecule has 0 fully saturated rings. The molecule has 1 aliphatic rings. The lowest BCUT2D eigenvalue weighted by atomic mass is 9.98. The molecule has 0 unspecified atom stereocenters. The van der Waals surface area contributed by atoms with Gasteiger partial charge in [0.1, 0.15) is 11.6 Å². The van der Waals surface area contributed by atoms with Crippen molar-refractivity contribution in [2.45, 2.75) is 6.42 Å². The topological polar surface area (TPSA) is 79.6 Å². The van der Waals surface area contributed by atoms with Gasteiger partial charge in [0.25, 0.3) is 0 Å². The summed E-state index contributed by atoms with van der Waals surface area (Å²) in [5.41, 5.74) is 8.68. The molecular weight excluding hydrogens is 328 g/mol. The Morgan fingerprint density at radius 2 is 1.80 bits per heavy atom. The third kappa shape index (κ3) is 2.34. The zero-order valence-corrected chi connectivity index (χ0v) is 12.9. The summed E-state index contributed by atoms with van der Waals surface area (Å²) in [5, 5.41) is 19.2. The molecule has 126 valence electrons. The molecule has 0 amide bonds. The maximum absolute atomic E-state index is 14.3. The average molecular weight is 341 g/mol. The first-order valence-electron chi connectivity index (χ1n) is 7.53. The summed E-state index contributed by atoms with van der Waals surface area (Å²) in [6.07, 6.45) is 1.59. The van der Waals surface area contributed by atoms with E-state index >= 15 is 0 Å². The quantitative estimate of drug-likeness (QED) is 0.656. The van der Waals surface area contributed by atoms with Crippen LogP contribution in [0.1, 0.15) is 22.5 Å². The second-order valence-corrected chi connectivity index (χ2v) is 5.86. The number of benzene rings is 2. The number of nitrogen functional groups attached to an aromatic ring is 1. The lowest BCUT2D eigenvalue weighted by Crippen LogP contribution is -1.93. The number of phenolic OH excluding ortho intramolecular Hbond substituents is 2. The molecule has 4 rings (SSSR count). The third-order valence-corrected chi connectivity index (χ3v) is 4.32. The van der Waals surface area contributed by atoms with Crippen molar-refractivity contribution in [3.05, 3.63) is 76.7 Å². The predicted molar refractivity (Wildman–Crippen MR) is 88.9 cm³/mol. The van der Waals surface area contributed by atoms with Gasteiger partial charge < -0.3 is 20.4 Å². The number of hydrogen-bond acceptors (Lipinski definition) is 4. The lowest BCUT2D eigenvalue weighted by molar-refractivity contribution is 0.432. The van der Waals surface area contributed by atoms with Crippen molar-refractivity contribution >= 4 is 16.8 Å². The van der Waals surface area contributed by atoms with Crippen LogP contribution in [0.3, 0.4) is 0 Å². The summed E-state index contributed by atoms with van der Waals surface area (Å²) in [6, 6.07) is 7.97. The van der Waals surface area contributed by atoms with E-state index < -0.39 is 17.4 Å². The van der Waals surface area contributed by atoms with Crippen molar-refractivity contribution in [3.8, 4) is 11.5 Å². The number of fused-ring (bicyclic) bond motifs is 1. The zero-order valence-electron chi connectivity index (χ0n) is 12.9. The molecule has 0 saturated heterocycles. The maximum atomic E-state index is 14.3. The predicted octanol–water partition coefficient (Wildman–Crippen LogP) is 4.07. The number of allylic oxidation sites excluding steroid dienone is 1. The first kappa shape index (κ1) is 15.3. The highest BCUT2D eigenvalue weighted by Gasteiger charge is 2.30. The molecule has 0 radical (unpaired) electrons. The van der Waals surface area contributed by atoms with Gasteiger partial charge in [0.2, 0.25) is 0 Å². The molecule has 0 saturated carbocycles. The number of aromatic hydroxyl groups is 2. The van der Waals surface area contributed by atoms with Crippen molar-refractivity contribution in [2.75, 3.05) is 5.73 Å². The van der Waals surface area contributed by atoms with Gasteiger partial charge in [0.05, 0.1) is 12.0 Å². The Labute approximate surface area is 141 Å². The number of halogens is 2. The average Bonchev–Trinajstić information content (AvgIpc) is 3.13. The lowest BCUT2D eigenvalue weighted by Gasteiger charge is -2.09. The summed E-state index contributed by atoms with van der Waals surface area (Å²) in [7, 11) is 0. The van der Waals surface area contributed by atoms with E-state index in [4.69, 9.17) is 10.2 Å². The van der Waals surface area contributed by atoms with Crippen LogP contribution in [0.2, 0.25) is 0 Å². The summed E-state index contributed by atoms with van der Waals surface area (Å²) in [4.78, 5) is 0. The number of rotatable bonds is 2. The van der Waals surface area contributed by atoms with Gasteiger partial charge in [-0.05, 0) is 34.9 Å². The summed E-state index contributed by atoms with van der Waals surface area (Å²) < 4.78 is 33.6. The largest absolute Gasteiger partial charge is 0.508 e. The van der Waals surface area contributed by atoms with Gasteiger partial charge >= 0.3 is 0 Å². The van der Waals surface area contributed by atoms with E-state index in [1.807, 2.05) is 0 Å². The molecule has 0 aliphatic heterocycles. The third-order valence-electron chi connectivity index (χ3n) is 4.32. The Hall–Kier alpha value is -3.28. The van der Waals surface area contributed by atoms with E-state index in [9.17, 15) is 19.0 Å². The van der Waals surface area contributed by atoms with E-state index in [1.54, 1.807) is 6.07 Å². The number of anilines is 1. The van der Waals surface area contributed by atoms with Crippen molar-refractivity contribution in [1.82, 2.24) is 0 Å². The Kier molecular flexibility index (Phi) is 3.28. The van der Waals surface area contributed by atoms with Crippen molar-refractivity contribution in [1.29, 1.82) is 0 Å². The molecule has 6 heteroatoms. The van der Waals surface area contributed by atoms with E-state index in [1.165, 1.54) is 30.5 Å². The van der Waals surface area contributed by atoms with Crippen LogP contribution in [-0.2, 0) is 6.42 Å². The van der Waals surface area contributed by atoms with Gasteiger partial charge in [-0.1, -0.05) is 6.07 Å². The molecule has 2 aromatic carbocycles. The molecule has 4 nitrogen and oxygen atoms in total. The Morgan fingerprint density at radius 3 is 2.48 bits per heavy atom. The van der Waals surface area contributed by atoms with E-state index in [-0.39, 0.29) is 12.2 Å². The number of hydrogen-bond donors (Lipinski definition) is 3. The van der Waals surface area contributed by atoms with Gasteiger partial charge in [-0.15, -0.1) is 0 Å². The van der Waals surface area contributed by atoms with Crippen LogP contribution in [0.25, 0.3) is 11.1 Å². The summed E-state index contributed by atoms with van der Waals surface area (Å²) >= 11 is 0.